The van der Waals surface area contributed by atoms with Crippen LogP contribution in [0.15, 0.2) is 42.5 Å². The van der Waals surface area contributed by atoms with Gasteiger partial charge in [-0.1, -0.05) is 30.3 Å². The van der Waals surface area contributed by atoms with E-state index >= 15 is 0 Å². The SMILES string of the molecule is COc1ccc(C)cc1NC(=S)N(CCCN1CCOCC1)Cc1ccccc1C. The summed E-state index contributed by atoms with van der Waals surface area (Å²) < 4.78 is 11.0. The Morgan fingerprint density at radius 1 is 1.17 bits per heavy atom. The van der Waals surface area contributed by atoms with Crippen molar-refractivity contribution >= 4 is 23.0 Å². The van der Waals surface area contributed by atoms with E-state index in [0.29, 0.717) is 0 Å². The van der Waals surface area contributed by atoms with Crippen molar-refractivity contribution in [2.24, 2.45) is 0 Å². The summed E-state index contributed by atoms with van der Waals surface area (Å²) in [6.45, 7) is 10.7. The number of benzene rings is 2. The first-order valence-corrected chi connectivity index (χ1v) is 11.0. The number of morpholine rings is 1. The number of methoxy groups -OCH3 is 1. The van der Waals surface area contributed by atoms with Crippen LogP contribution in [0, 0.1) is 13.8 Å². The smallest absolute Gasteiger partial charge is 0.173 e. The van der Waals surface area contributed by atoms with E-state index in [1.807, 2.05) is 12.1 Å². The molecule has 6 heteroatoms. The number of hydrogen-bond donors (Lipinski definition) is 1. The van der Waals surface area contributed by atoms with E-state index in [9.17, 15) is 0 Å². The summed E-state index contributed by atoms with van der Waals surface area (Å²) in [6.07, 6.45) is 1.05. The Morgan fingerprint density at radius 3 is 2.67 bits per heavy atom. The molecule has 0 amide bonds. The molecule has 30 heavy (non-hydrogen) atoms. The number of nitrogens with zero attached hydrogens (tertiary/aromatic N) is 2. The van der Waals surface area contributed by atoms with Crippen molar-refractivity contribution in [2.75, 3.05) is 51.8 Å². The maximum atomic E-state index is 5.85. The number of aryl methyl sites for hydroxylation is 2. The number of rotatable bonds is 8. The lowest BCUT2D eigenvalue weighted by Gasteiger charge is -2.30. The normalized spacial score (nSPS) is 14.4. The van der Waals surface area contributed by atoms with Crippen molar-refractivity contribution in [3.05, 3.63) is 59.2 Å². The molecule has 0 saturated carbocycles. The molecule has 5 nitrogen and oxygen atoms in total. The molecule has 1 aliphatic rings. The molecule has 0 aromatic heterocycles. The molecule has 0 spiro atoms. The highest BCUT2D eigenvalue weighted by molar-refractivity contribution is 7.80. The van der Waals surface area contributed by atoms with Crippen molar-refractivity contribution in [2.45, 2.75) is 26.8 Å². The van der Waals surface area contributed by atoms with E-state index in [2.05, 4.69) is 59.3 Å². The van der Waals surface area contributed by atoms with E-state index in [1.165, 1.54) is 16.7 Å². The minimum absolute atomic E-state index is 0.726. The van der Waals surface area contributed by atoms with Gasteiger partial charge in [-0.3, -0.25) is 4.90 Å². The molecule has 0 radical (unpaired) electrons. The van der Waals surface area contributed by atoms with E-state index in [-0.39, 0.29) is 0 Å². The van der Waals surface area contributed by atoms with Crippen LogP contribution >= 0.6 is 12.2 Å². The van der Waals surface area contributed by atoms with Crippen LogP contribution in [0.2, 0.25) is 0 Å². The lowest BCUT2D eigenvalue weighted by atomic mass is 10.1. The molecule has 162 valence electrons. The van der Waals surface area contributed by atoms with Crippen molar-refractivity contribution in [1.29, 1.82) is 0 Å². The van der Waals surface area contributed by atoms with Gasteiger partial charge >= 0.3 is 0 Å². The highest BCUT2D eigenvalue weighted by Crippen LogP contribution is 2.26. The topological polar surface area (TPSA) is 37.0 Å². The highest BCUT2D eigenvalue weighted by atomic mass is 32.1. The Kier molecular flexibility index (Phi) is 8.49. The molecule has 3 rings (SSSR count). The summed E-state index contributed by atoms with van der Waals surface area (Å²) in [5.41, 5.74) is 4.65. The molecule has 2 aromatic carbocycles. The fourth-order valence-electron chi connectivity index (χ4n) is 3.67. The molecule has 0 atom stereocenters. The van der Waals surface area contributed by atoms with Crippen LogP contribution in [-0.2, 0) is 11.3 Å². The van der Waals surface area contributed by atoms with Crippen LogP contribution in [0.3, 0.4) is 0 Å². The van der Waals surface area contributed by atoms with Gasteiger partial charge in [0.25, 0.3) is 0 Å². The number of nitrogens with one attached hydrogen (secondary N) is 1. The van der Waals surface area contributed by atoms with Gasteiger partial charge < -0.3 is 19.7 Å². The first kappa shape index (κ1) is 22.5. The number of hydrogen-bond acceptors (Lipinski definition) is 4. The molecule has 1 N–H and O–H groups in total. The third kappa shape index (κ3) is 6.42. The Labute approximate surface area is 186 Å². The third-order valence-electron chi connectivity index (χ3n) is 5.51. The molecule has 0 unspecified atom stereocenters. The lowest BCUT2D eigenvalue weighted by Crippen LogP contribution is -2.40. The molecular weight excluding hydrogens is 394 g/mol. The zero-order chi connectivity index (χ0) is 21.3. The Balaban J connectivity index is 1.69. The minimum Gasteiger partial charge on any atom is -0.495 e. The van der Waals surface area contributed by atoms with Crippen LogP contribution in [0.25, 0.3) is 0 Å². The van der Waals surface area contributed by atoms with E-state index in [1.54, 1.807) is 7.11 Å². The average Bonchev–Trinajstić information content (AvgIpc) is 2.75. The molecule has 1 heterocycles. The quantitative estimate of drug-likeness (QED) is 0.636. The van der Waals surface area contributed by atoms with Gasteiger partial charge in [-0.2, -0.15) is 0 Å². The molecule has 1 fully saturated rings. The lowest BCUT2D eigenvalue weighted by molar-refractivity contribution is 0.0368. The van der Waals surface area contributed by atoms with Crippen molar-refractivity contribution < 1.29 is 9.47 Å². The van der Waals surface area contributed by atoms with Crippen LogP contribution in [0.1, 0.15) is 23.1 Å². The third-order valence-corrected chi connectivity index (χ3v) is 5.87. The predicted octanol–water partition coefficient (Wildman–Crippen LogP) is 4.23. The van der Waals surface area contributed by atoms with Gasteiger partial charge in [-0.05, 0) is 61.3 Å². The zero-order valence-electron chi connectivity index (χ0n) is 18.3. The summed E-state index contributed by atoms with van der Waals surface area (Å²) in [5.74, 6) is 0.798. The van der Waals surface area contributed by atoms with Crippen molar-refractivity contribution in [3.8, 4) is 5.75 Å². The minimum atomic E-state index is 0.726. The van der Waals surface area contributed by atoms with Gasteiger partial charge in [-0.25, -0.2) is 0 Å². The molecule has 1 saturated heterocycles. The van der Waals surface area contributed by atoms with Gasteiger partial charge in [0.15, 0.2) is 5.11 Å². The van der Waals surface area contributed by atoms with Crippen LogP contribution in [0.5, 0.6) is 5.75 Å². The average molecular weight is 428 g/mol. The predicted molar refractivity (Wildman–Crippen MR) is 127 cm³/mol. The van der Waals surface area contributed by atoms with Crippen LogP contribution < -0.4 is 10.1 Å². The summed E-state index contributed by atoms with van der Waals surface area (Å²) in [4.78, 5) is 4.73. The van der Waals surface area contributed by atoms with Gasteiger partial charge in [0.05, 0.1) is 26.0 Å². The number of thiocarbonyl (C=S) groups is 1. The van der Waals surface area contributed by atoms with Crippen molar-refractivity contribution in [3.63, 3.8) is 0 Å². The maximum Gasteiger partial charge on any atom is 0.173 e. The fourth-order valence-corrected chi connectivity index (χ4v) is 3.94. The standard InChI is InChI=1S/C24H33N3O2S/c1-19-9-10-23(28-3)22(17-19)25-24(30)27(18-21-8-5-4-7-20(21)2)12-6-11-26-13-15-29-16-14-26/h4-5,7-10,17H,6,11-16,18H2,1-3H3,(H,25,30). The molecule has 1 aliphatic heterocycles. The number of anilines is 1. The zero-order valence-corrected chi connectivity index (χ0v) is 19.1. The monoisotopic (exact) mass is 427 g/mol. The Hall–Kier alpha value is -2.15. The van der Waals surface area contributed by atoms with Crippen LogP contribution in [0.4, 0.5) is 5.69 Å². The van der Waals surface area contributed by atoms with E-state index in [0.717, 1.165) is 68.9 Å². The first-order valence-electron chi connectivity index (χ1n) is 10.6. The van der Waals surface area contributed by atoms with Crippen molar-refractivity contribution in [1.82, 2.24) is 9.80 Å². The summed E-state index contributed by atoms with van der Waals surface area (Å²) in [7, 11) is 1.69. The second-order valence-corrected chi connectivity index (χ2v) is 8.18. The molecule has 2 aromatic rings. The number of ether oxygens (including phenoxy) is 2. The summed E-state index contributed by atoms with van der Waals surface area (Å²) in [6, 6.07) is 14.6. The first-order chi connectivity index (χ1) is 14.6. The van der Waals surface area contributed by atoms with Gasteiger partial charge in [0.1, 0.15) is 5.75 Å². The van der Waals surface area contributed by atoms with Gasteiger partial charge in [0.2, 0.25) is 0 Å². The second-order valence-electron chi connectivity index (χ2n) is 7.79. The molecule has 0 bridgehead atoms. The Bertz CT molecular complexity index is 837. The van der Waals surface area contributed by atoms with Gasteiger partial charge in [0, 0.05) is 32.7 Å². The summed E-state index contributed by atoms with van der Waals surface area (Å²) in [5, 5.41) is 4.16. The van der Waals surface area contributed by atoms with Crippen LogP contribution in [-0.4, -0.2) is 61.4 Å². The molecular formula is C24H33N3O2S. The van der Waals surface area contributed by atoms with Gasteiger partial charge in [-0.15, -0.1) is 0 Å². The molecule has 0 aliphatic carbocycles. The summed E-state index contributed by atoms with van der Waals surface area (Å²) >= 11 is 5.85. The van der Waals surface area contributed by atoms with E-state index in [4.69, 9.17) is 21.7 Å². The Morgan fingerprint density at radius 2 is 1.93 bits per heavy atom. The fraction of sp³-hybridized carbons (Fsp3) is 0.458. The maximum absolute atomic E-state index is 5.85. The largest absolute Gasteiger partial charge is 0.495 e. The highest BCUT2D eigenvalue weighted by Gasteiger charge is 2.16. The van der Waals surface area contributed by atoms with E-state index < -0.39 is 0 Å². The second kappa shape index (κ2) is 11.3.